The van der Waals surface area contributed by atoms with Crippen molar-refractivity contribution in [2.45, 2.75) is 26.2 Å². The summed E-state index contributed by atoms with van der Waals surface area (Å²) in [5.74, 6) is -0.861. The Bertz CT molecular complexity index is 651. The molecule has 1 aromatic heterocycles. The average Bonchev–Trinajstić information content (AvgIpc) is 2.96. The van der Waals surface area contributed by atoms with Crippen LogP contribution in [0.15, 0.2) is 12.1 Å². The number of hydrogen-bond donors (Lipinski definition) is 2. The maximum Gasteiger partial charge on any atom is 0.257 e. The molecule has 1 amide bonds. The van der Waals surface area contributed by atoms with E-state index in [0.29, 0.717) is 10.7 Å². The minimum atomic E-state index is -0.475. The fraction of sp³-hybridized carbons (Fsp3) is 0.286. The van der Waals surface area contributed by atoms with Gasteiger partial charge in [-0.1, -0.05) is 0 Å². The number of carbonyl (C=O) groups excluding carboxylic acids is 1. The van der Waals surface area contributed by atoms with Gasteiger partial charge in [-0.25, -0.2) is 9.37 Å². The summed E-state index contributed by atoms with van der Waals surface area (Å²) >= 11 is 1.49. The Morgan fingerprint density at radius 3 is 2.95 bits per heavy atom. The summed E-state index contributed by atoms with van der Waals surface area (Å²) in [4.78, 5) is 17.7. The van der Waals surface area contributed by atoms with Crippen LogP contribution in [0, 0.1) is 12.7 Å². The molecule has 1 heterocycles. The first-order valence-corrected chi connectivity index (χ1v) is 7.22. The highest BCUT2D eigenvalue weighted by molar-refractivity contribution is 7.15. The van der Waals surface area contributed by atoms with Crippen molar-refractivity contribution in [3.8, 4) is 0 Å². The average molecular weight is 291 g/mol. The maximum absolute atomic E-state index is 13.6. The van der Waals surface area contributed by atoms with Gasteiger partial charge in [0, 0.05) is 21.7 Å². The molecule has 1 aliphatic rings. The van der Waals surface area contributed by atoms with E-state index < -0.39 is 5.82 Å². The van der Waals surface area contributed by atoms with Crippen LogP contribution in [0.4, 0.5) is 15.2 Å². The monoisotopic (exact) mass is 291 g/mol. The normalized spacial score (nSPS) is 13.3. The summed E-state index contributed by atoms with van der Waals surface area (Å²) in [7, 11) is 0. The van der Waals surface area contributed by atoms with Crippen LogP contribution in [0.5, 0.6) is 0 Å². The minimum Gasteiger partial charge on any atom is -0.398 e. The molecule has 3 N–H and O–H groups in total. The van der Waals surface area contributed by atoms with E-state index in [4.69, 9.17) is 5.73 Å². The molecule has 0 aliphatic heterocycles. The number of rotatable bonds is 2. The lowest BCUT2D eigenvalue weighted by atomic mass is 10.1. The molecular formula is C14H14FN3OS. The molecule has 0 spiro atoms. The highest BCUT2D eigenvalue weighted by atomic mass is 32.1. The van der Waals surface area contributed by atoms with E-state index in [1.807, 2.05) is 0 Å². The van der Waals surface area contributed by atoms with Crippen molar-refractivity contribution < 1.29 is 9.18 Å². The Labute approximate surface area is 119 Å². The second kappa shape index (κ2) is 4.86. The topological polar surface area (TPSA) is 68.0 Å². The molecule has 6 heteroatoms. The van der Waals surface area contributed by atoms with Crippen molar-refractivity contribution in [3.63, 3.8) is 0 Å². The summed E-state index contributed by atoms with van der Waals surface area (Å²) in [5, 5.41) is 3.28. The Hall–Kier alpha value is -1.95. The van der Waals surface area contributed by atoms with Crippen molar-refractivity contribution in [1.82, 2.24) is 4.98 Å². The van der Waals surface area contributed by atoms with Gasteiger partial charge in [-0.05, 0) is 38.3 Å². The van der Waals surface area contributed by atoms with E-state index in [0.717, 1.165) is 25.0 Å². The molecule has 0 unspecified atom stereocenters. The van der Waals surface area contributed by atoms with Crippen LogP contribution in [0.2, 0.25) is 0 Å². The number of nitrogens with two attached hydrogens (primary N) is 1. The van der Waals surface area contributed by atoms with Crippen molar-refractivity contribution in [3.05, 3.63) is 39.6 Å². The van der Waals surface area contributed by atoms with Crippen LogP contribution in [0.3, 0.4) is 0 Å². The third-order valence-corrected chi connectivity index (χ3v) is 4.54. The predicted molar refractivity (Wildman–Crippen MR) is 77.6 cm³/mol. The maximum atomic E-state index is 13.6. The van der Waals surface area contributed by atoms with Gasteiger partial charge < -0.3 is 5.73 Å². The molecule has 0 atom stereocenters. The van der Waals surface area contributed by atoms with Crippen LogP contribution in [0.25, 0.3) is 0 Å². The standard InChI is InChI=1S/C14H14FN3OS/c1-7-9(15)5-8(6-10(7)16)13(19)18-14-17-11-3-2-4-12(11)20-14/h5-6H,2-4,16H2,1H3,(H,17,18,19). The van der Waals surface area contributed by atoms with E-state index >= 15 is 0 Å². The third-order valence-electron chi connectivity index (χ3n) is 3.46. The second-order valence-electron chi connectivity index (χ2n) is 4.87. The largest absolute Gasteiger partial charge is 0.398 e. The molecule has 0 bridgehead atoms. The molecule has 1 aromatic carbocycles. The first-order chi connectivity index (χ1) is 9.54. The van der Waals surface area contributed by atoms with Gasteiger partial charge in [0.1, 0.15) is 5.82 Å². The van der Waals surface area contributed by atoms with E-state index in [2.05, 4.69) is 10.3 Å². The molecular weight excluding hydrogens is 277 g/mol. The predicted octanol–water partition coefficient (Wildman–Crippen LogP) is 2.91. The first-order valence-electron chi connectivity index (χ1n) is 6.40. The zero-order chi connectivity index (χ0) is 14.3. The van der Waals surface area contributed by atoms with Crippen molar-refractivity contribution >= 4 is 28.1 Å². The van der Waals surface area contributed by atoms with Crippen LogP contribution < -0.4 is 11.1 Å². The molecule has 0 fully saturated rings. The zero-order valence-corrected chi connectivity index (χ0v) is 11.8. The summed E-state index contributed by atoms with van der Waals surface area (Å²) < 4.78 is 13.6. The van der Waals surface area contributed by atoms with Gasteiger partial charge in [0.2, 0.25) is 0 Å². The number of anilines is 2. The first kappa shape index (κ1) is 13.1. The highest BCUT2D eigenvalue weighted by Gasteiger charge is 2.18. The van der Waals surface area contributed by atoms with Crippen LogP contribution in [0.1, 0.15) is 32.9 Å². The number of amides is 1. The highest BCUT2D eigenvalue weighted by Crippen LogP contribution is 2.30. The number of nitrogens with zero attached hydrogens (tertiary/aromatic N) is 1. The van der Waals surface area contributed by atoms with Crippen molar-refractivity contribution in [1.29, 1.82) is 0 Å². The van der Waals surface area contributed by atoms with Gasteiger partial charge in [0.15, 0.2) is 5.13 Å². The molecule has 1 aliphatic carbocycles. The van der Waals surface area contributed by atoms with E-state index in [1.54, 1.807) is 6.92 Å². The molecule has 0 radical (unpaired) electrons. The third kappa shape index (κ3) is 2.27. The number of aryl methyl sites for hydroxylation is 2. The van der Waals surface area contributed by atoms with Crippen LogP contribution >= 0.6 is 11.3 Å². The Morgan fingerprint density at radius 1 is 1.45 bits per heavy atom. The lowest BCUT2D eigenvalue weighted by Gasteiger charge is -2.06. The number of hydrogen-bond acceptors (Lipinski definition) is 4. The fourth-order valence-electron chi connectivity index (χ4n) is 2.24. The summed E-state index contributed by atoms with van der Waals surface area (Å²) in [6, 6.07) is 2.68. The fourth-order valence-corrected chi connectivity index (χ4v) is 3.29. The molecule has 20 heavy (non-hydrogen) atoms. The number of benzene rings is 1. The minimum absolute atomic E-state index is 0.209. The molecule has 0 saturated heterocycles. The van der Waals surface area contributed by atoms with Gasteiger partial charge in [-0.3, -0.25) is 10.1 Å². The van der Waals surface area contributed by atoms with Crippen LogP contribution in [-0.4, -0.2) is 10.9 Å². The smallest absolute Gasteiger partial charge is 0.257 e. The van der Waals surface area contributed by atoms with Crippen molar-refractivity contribution in [2.24, 2.45) is 0 Å². The number of thiazole rings is 1. The Morgan fingerprint density at radius 2 is 2.25 bits per heavy atom. The molecule has 2 aromatic rings. The Kier molecular flexibility index (Phi) is 3.17. The van der Waals surface area contributed by atoms with E-state index in [1.165, 1.54) is 28.3 Å². The number of nitrogen functional groups attached to an aromatic ring is 1. The van der Waals surface area contributed by atoms with Gasteiger partial charge in [-0.2, -0.15) is 0 Å². The number of fused-ring (bicyclic) bond motifs is 1. The molecule has 3 rings (SSSR count). The van der Waals surface area contributed by atoms with E-state index in [-0.39, 0.29) is 17.2 Å². The van der Waals surface area contributed by atoms with Gasteiger partial charge in [-0.15, -0.1) is 11.3 Å². The molecule has 0 saturated carbocycles. The van der Waals surface area contributed by atoms with Gasteiger partial charge in [0.25, 0.3) is 5.91 Å². The number of carbonyl (C=O) groups is 1. The van der Waals surface area contributed by atoms with Crippen LogP contribution in [-0.2, 0) is 12.8 Å². The summed E-state index contributed by atoms with van der Waals surface area (Å²) in [6.07, 6.45) is 3.12. The lowest BCUT2D eigenvalue weighted by Crippen LogP contribution is -2.13. The number of nitrogens with one attached hydrogen (secondary N) is 1. The quantitative estimate of drug-likeness (QED) is 0.836. The molecule has 4 nitrogen and oxygen atoms in total. The van der Waals surface area contributed by atoms with E-state index in [9.17, 15) is 9.18 Å². The SMILES string of the molecule is Cc1c(N)cc(C(=O)Nc2nc3c(s2)CCC3)cc1F. The summed E-state index contributed by atoms with van der Waals surface area (Å²) in [5.41, 5.74) is 7.59. The lowest BCUT2D eigenvalue weighted by molar-refractivity contribution is 0.102. The number of aromatic nitrogens is 1. The van der Waals surface area contributed by atoms with Gasteiger partial charge in [0.05, 0.1) is 5.69 Å². The Balaban J connectivity index is 1.82. The second-order valence-corrected chi connectivity index (χ2v) is 5.95. The molecule has 104 valence electrons. The zero-order valence-electron chi connectivity index (χ0n) is 11.0. The van der Waals surface area contributed by atoms with Crippen molar-refractivity contribution in [2.75, 3.05) is 11.1 Å². The summed E-state index contributed by atoms with van der Waals surface area (Å²) in [6.45, 7) is 1.58. The number of halogens is 1. The van der Waals surface area contributed by atoms with Gasteiger partial charge >= 0.3 is 0 Å².